The summed E-state index contributed by atoms with van der Waals surface area (Å²) in [6.45, 7) is 0.907. The summed E-state index contributed by atoms with van der Waals surface area (Å²) in [5, 5.41) is 4.59. The van der Waals surface area contributed by atoms with E-state index in [2.05, 4.69) is 20.1 Å². The van der Waals surface area contributed by atoms with Gasteiger partial charge in [0.15, 0.2) is 5.65 Å². The molecule has 0 atom stereocenters. The molecule has 3 heterocycles. The first kappa shape index (κ1) is 17.9. The monoisotopic (exact) mass is 377 g/mol. The zero-order chi connectivity index (χ0) is 19.3. The second-order valence-corrected chi connectivity index (χ2v) is 6.01. The average Bonchev–Trinajstić information content (AvgIpc) is 3.23. The molecule has 4 aromatic rings. The fourth-order valence-electron chi connectivity index (χ4n) is 2.85. The number of fused-ring (bicyclic) bond motifs is 1. The molecule has 3 aromatic heterocycles. The van der Waals surface area contributed by atoms with Gasteiger partial charge in [0.2, 0.25) is 5.88 Å². The molecule has 0 radical (unpaired) electrons. The summed E-state index contributed by atoms with van der Waals surface area (Å²) in [6.07, 6.45) is 5.12. The number of ether oxygens (including phenoxy) is 3. The van der Waals surface area contributed by atoms with Crippen LogP contribution in [0.5, 0.6) is 11.9 Å². The molecule has 142 valence electrons. The molecule has 4 rings (SSSR count). The van der Waals surface area contributed by atoms with E-state index in [4.69, 9.17) is 14.2 Å². The van der Waals surface area contributed by atoms with Crippen molar-refractivity contribution in [3.05, 3.63) is 66.1 Å². The third kappa shape index (κ3) is 3.63. The largest absolute Gasteiger partial charge is 0.480 e. The van der Waals surface area contributed by atoms with Gasteiger partial charge in [-0.1, -0.05) is 30.3 Å². The Morgan fingerprint density at radius 2 is 1.86 bits per heavy atom. The van der Waals surface area contributed by atoms with Crippen molar-refractivity contribution in [2.75, 3.05) is 14.2 Å². The van der Waals surface area contributed by atoms with Crippen LogP contribution in [0.15, 0.2) is 55.0 Å². The Balaban J connectivity index is 1.65. The minimum absolute atomic E-state index is 0.232. The van der Waals surface area contributed by atoms with Crippen LogP contribution in [0.3, 0.4) is 0 Å². The lowest BCUT2D eigenvalue weighted by atomic mass is 10.1. The average molecular weight is 377 g/mol. The Morgan fingerprint density at radius 3 is 2.64 bits per heavy atom. The maximum Gasteiger partial charge on any atom is 0.319 e. The quantitative estimate of drug-likeness (QED) is 0.490. The number of aromatic nitrogens is 5. The van der Waals surface area contributed by atoms with Gasteiger partial charge in [-0.15, -0.1) is 0 Å². The second-order valence-electron chi connectivity index (χ2n) is 6.01. The predicted molar refractivity (Wildman–Crippen MR) is 102 cm³/mol. The summed E-state index contributed by atoms with van der Waals surface area (Å²) in [5.41, 5.74) is 4.07. The number of hydrogen-bond donors (Lipinski definition) is 0. The molecular formula is C20H19N5O3. The van der Waals surface area contributed by atoms with Crippen LogP contribution in [-0.2, 0) is 18.0 Å². The van der Waals surface area contributed by atoms with Crippen molar-refractivity contribution in [2.45, 2.75) is 13.2 Å². The number of rotatable bonds is 7. The number of hydrogen-bond acceptors (Lipinski definition) is 7. The predicted octanol–water partition coefficient (Wildman–Crippen LogP) is 2.92. The van der Waals surface area contributed by atoms with Gasteiger partial charge in [0.25, 0.3) is 0 Å². The number of benzene rings is 1. The maximum absolute atomic E-state index is 5.90. The lowest BCUT2D eigenvalue weighted by Gasteiger charge is -2.11. The Hall–Kier alpha value is -3.52. The van der Waals surface area contributed by atoms with Crippen molar-refractivity contribution >= 4 is 5.65 Å². The van der Waals surface area contributed by atoms with Gasteiger partial charge in [-0.25, -0.2) is 14.5 Å². The highest BCUT2D eigenvalue weighted by molar-refractivity contribution is 5.66. The molecule has 0 aliphatic carbocycles. The van der Waals surface area contributed by atoms with E-state index in [0.29, 0.717) is 30.4 Å². The molecule has 0 N–H and O–H groups in total. The summed E-state index contributed by atoms with van der Waals surface area (Å²) < 4.78 is 18.1. The van der Waals surface area contributed by atoms with Gasteiger partial charge in [-0.3, -0.25) is 0 Å². The first-order chi connectivity index (χ1) is 13.8. The molecule has 0 saturated carbocycles. The number of methoxy groups -OCH3 is 2. The Labute approximate surface area is 161 Å². The zero-order valence-corrected chi connectivity index (χ0v) is 15.6. The molecule has 0 spiro atoms. The van der Waals surface area contributed by atoms with E-state index < -0.39 is 0 Å². The lowest BCUT2D eigenvalue weighted by molar-refractivity contribution is 0.107. The number of imidazole rings is 1. The first-order valence-electron chi connectivity index (χ1n) is 8.69. The van der Waals surface area contributed by atoms with E-state index in [0.717, 1.165) is 16.8 Å². The molecule has 8 nitrogen and oxygen atoms in total. The molecule has 0 saturated heterocycles. The van der Waals surface area contributed by atoms with Gasteiger partial charge in [-0.05, 0) is 11.6 Å². The Kier molecular flexibility index (Phi) is 5.11. The highest BCUT2D eigenvalue weighted by Crippen LogP contribution is 2.28. The lowest BCUT2D eigenvalue weighted by Crippen LogP contribution is -2.04. The SMILES string of the molecule is COc1ncc(-c2cc(COCc3ccccc3)c3nccn3n2)c(OC)n1. The first-order valence-corrected chi connectivity index (χ1v) is 8.69. The smallest absolute Gasteiger partial charge is 0.319 e. The van der Waals surface area contributed by atoms with E-state index in [-0.39, 0.29) is 6.01 Å². The minimum Gasteiger partial charge on any atom is -0.480 e. The van der Waals surface area contributed by atoms with Gasteiger partial charge >= 0.3 is 6.01 Å². The van der Waals surface area contributed by atoms with E-state index in [9.17, 15) is 0 Å². The van der Waals surface area contributed by atoms with Crippen LogP contribution in [0, 0.1) is 0 Å². The van der Waals surface area contributed by atoms with Crippen LogP contribution in [0.1, 0.15) is 11.1 Å². The van der Waals surface area contributed by atoms with Crippen LogP contribution in [0.4, 0.5) is 0 Å². The summed E-state index contributed by atoms with van der Waals surface area (Å²) in [6, 6.07) is 12.2. The Bertz CT molecular complexity index is 1080. The molecule has 1 aromatic carbocycles. The normalized spacial score (nSPS) is 10.9. The molecule has 0 amide bonds. The fraction of sp³-hybridized carbons (Fsp3) is 0.200. The summed E-state index contributed by atoms with van der Waals surface area (Å²) in [5.74, 6) is 0.384. The Morgan fingerprint density at radius 1 is 1.00 bits per heavy atom. The number of nitrogens with zero attached hydrogens (tertiary/aromatic N) is 5. The standard InChI is InChI=1S/C20H19N5O3/c1-26-19-16(11-22-20(23-19)27-2)17-10-15(18-21-8-9-25(18)24-17)13-28-12-14-6-4-3-5-7-14/h3-11H,12-13H2,1-2H3. The van der Waals surface area contributed by atoms with Gasteiger partial charge < -0.3 is 14.2 Å². The van der Waals surface area contributed by atoms with Crippen molar-refractivity contribution in [3.63, 3.8) is 0 Å². The van der Waals surface area contributed by atoms with E-state index in [1.807, 2.05) is 36.4 Å². The maximum atomic E-state index is 5.90. The molecule has 0 unspecified atom stereocenters. The molecular weight excluding hydrogens is 358 g/mol. The van der Waals surface area contributed by atoms with Crippen LogP contribution in [0.25, 0.3) is 16.9 Å². The van der Waals surface area contributed by atoms with Crippen molar-refractivity contribution in [3.8, 4) is 23.1 Å². The zero-order valence-electron chi connectivity index (χ0n) is 15.6. The molecule has 28 heavy (non-hydrogen) atoms. The van der Waals surface area contributed by atoms with Gasteiger partial charge in [-0.2, -0.15) is 10.1 Å². The molecule has 0 fully saturated rings. The summed E-state index contributed by atoms with van der Waals surface area (Å²) >= 11 is 0. The third-order valence-electron chi connectivity index (χ3n) is 4.19. The van der Waals surface area contributed by atoms with Crippen LogP contribution < -0.4 is 9.47 Å². The van der Waals surface area contributed by atoms with Crippen molar-refractivity contribution in [2.24, 2.45) is 0 Å². The highest BCUT2D eigenvalue weighted by atomic mass is 16.5. The summed E-state index contributed by atoms with van der Waals surface area (Å²) in [4.78, 5) is 12.8. The molecule has 0 aliphatic rings. The van der Waals surface area contributed by atoms with E-state index >= 15 is 0 Å². The van der Waals surface area contributed by atoms with E-state index in [1.54, 1.807) is 30.2 Å². The minimum atomic E-state index is 0.232. The molecule has 8 heteroatoms. The third-order valence-corrected chi connectivity index (χ3v) is 4.19. The fourth-order valence-corrected chi connectivity index (χ4v) is 2.85. The van der Waals surface area contributed by atoms with Crippen LogP contribution in [0.2, 0.25) is 0 Å². The second kappa shape index (κ2) is 8.01. The molecule has 0 bridgehead atoms. The topological polar surface area (TPSA) is 83.7 Å². The molecule has 0 aliphatic heterocycles. The van der Waals surface area contributed by atoms with Crippen LogP contribution in [-0.4, -0.2) is 38.8 Å². The van der Waals surface area contributed by atoms with Crippen molar-refractivity contribution < 1.29 is 14.2 Å². The summed E-state index contributed by atoms with van der Waals surface area (Å²) in [7, 11) is 3.05. The van der Waals surface area contributed by atoms with Gasteiger partial charge in [0.1, 0.15) is 0 Å². The van der Waals surface area contributed by atoms with Gasteiger partial charge in [0.05, 0.1) is 38.7 Å². The van der Waals surface area contributed by atoms with Crippen LogP contribution >= 0.6 is 0 Å². The van der Waals surface area contributed by atoms with Gasteiger partial charge in [0, 0.05) is 24.2 Å². The van der Waals surface area contributed by atoms with Crippen molar-refractivity contribution in [1.29, 1.82) is 0 Å². The highest BCUT2D eigenvalue weighted by Gasteiger charge is 2.15. The van der Waals surface area contributed by atoms with Crippen molar-refractivity contribution in [1.82, 2.24) is 24.6 Å². The van der Waals surface area contributed by atoms with E-state index in [1.165, 1.54) is 7.11 Å².